The first-order valence-corrected chi connectivity index (χ1v) is 8.44. The maximum Gasteiger partial charge on any atom is 0.329 e. The Balaban J connectivity index is 2.43. The average Bonchev–Trinajstić information content (AvgIpc) is 3.03. The number of benzene rings is 1. The zero-order valence-corrected chi connectivity index (χ0v) is 15.8. The highest BCUT2D eigenvalue weighted by molar-refractivity contribution is 5.98. The van der Waals surface area contributed by atoms with Crippen molar-refractivity contribution in [3.05, 3.63) is 42.2 Å². The lowest BCUT2D eigenvalue weighted by Crippen LogP contribution is -2.51. The minimum Gasteiger partial charge on any atom is -0.489 e. The van der Waals surface area contributed by atoms with Gasteiger partial charge in [-0.2, -0.15) is 5.10 Å². The van der Waals surface area contributed by atoms with Gasteiger partial charge in [0.25, 0.3) is 5.91 Å². The van der Waals surface area contributed by atoms with Gasteiger partial charge in [0.2, 0.25) is 0 Å². The molecule has 26 heavy (non-hydrogen) atoms. The molecule has 1 amide bonds. The van der Waals surface area contributed by atoms with Crippen molar-refractivity contribution in [1.82, 2.24) is 14.7 Å². The SMILES string of the molecule is CC(C)COc1cn(-c2ccccc2)nc1C(=O)N(C)C(C)(C)C(=O)O. The van der Waals surface area contributed by atoms with Gasteiger partial charge < -0.3 is 14.7 Å². The Hall–Kier alpha value is -2.83. The van der Waals surface area contributed by atoms with Crippen molar-refractivity contribution in [2.45, 2.75) is 33.2 Å². The molecule has 2 aromatic rings. The van der Waals surface area contributed by atoms with E-state index in [9.17, 15) is 14.7 Å². The Kier molecular flexibility index (Phi) is 5.69. The minimum absolute atomic E-state index is 0.0892. The number of aliphatic carboxylic acids is 1. The topological polar surface area (TPSA) is 84.7 Å². The molecule has 0 aliphatic carbocycles. The van der Waals surface area contributed by atoms with E-state index in [-0.39, 0.29) is 11.6 Å². The van der Waals surface area contributed by atoms with Crippen LogP contribution in [0.1, 0.15) is 38.2 Å². The minimum atomic E-state index is -1.37. The molecule has 0 atom stereocenters. The number of amides is 1. The molecule has 0 aliphatic rings. The predicted molar refractivity (Wildman–Crippen MR) is 97.7 cm³/mol. The average molecular weight is 359 g/mol. The van der Waals surface area contributed by atoms with Gasteiger partial charge in [-0.05, 0) is 31.9 Å². The summed E-state index contributed by atoms with van der Waals surface area (Å²) < 4.78 is 7.33. The number of nitrogens with zero attached hydrogens (tertiary/aromatic N) is 3. The van der Waals surface area contributed by atoms with Gasteiger partial charge in [-0.1, -0.05) is 32.0 Å². The van der Waals surface area contributed by atoms with Gasteiger partial charge in [0.15, 0.2) is 11.4 Å². The molecule has 1 heterocycles. The first-order chi connectivity index (χ1) is 12.1. The number of hydrogen-bond acceptors (Lipinski definition) is 4. The van der Waals surface area contributed by atoms with E-state index < -0.39 is 17.4 Å². The second-order valence-corrected chi connectivity index (χ2v) is 7.06. The Morgan fingerprint density at radius 1 is 1.27 bits per heavy atom. The molecule has 0 radical (unpaired) electrons. The van der Waals surface area contributed by atoms with E-state index in [0.29, 0.717) is 12.4 Å². The molecule has 0 bridgehead atoms. The van der Waals surface area contributed by atoms with Crippen LogP contribution in [0.25, 0.3) is 5.69 Å². The van der Waals surface area contributed by atoms with Gasteiger partial charge in [-0.3, -0.25) is 4.79 Å². The van der Waals surface area contributed by atoms with Crippen LogP contribution in [0.3, 0.4) is 0 Å². The molecule has 140 valence electrons. The predicted octanol–water partition coefficient (Wildman–Crippen LogP) is 2.84. The molecule has 0 fully saturated rings. The van der Waals surface area contributed by atoms with Crippen molar-refractivity contribution >= 4 is 11.9 Å². The zero-order chi connectivity index (χ0) is 19.5. The van der Waals surface area contributed by atoms with Crippen LogP contribution in [0.2, 0.25) is 0 Å². The van der Waals surface area contributed by atoms with Gasteiger partial charge in [0, 0.05) is 7.05 Å². The number of carboxylic acids is 1. The summed E-state index contributed by atoms with van der Waals surface area (Å²) in [5, 5.41) is 13.7. The Bertz CT molecular complexity index is 781. The van der Waals surface area contributed by atoms with E-state index in [1.54, 1.807) is 10.9 Å². The van der Waals surface area contributed by atoms with Crippen LogP contribution >= 0.6 is 0 Å². The third kappa shape index (κ3) is 4.04. The third-order valence-electron chi connectivity index (χ3n) is 4.14. The summed E-state index contributed by atoms with van der Waals surface area (Å²) in [7, 11) is 1.45. The van der Waals surface area contributed by atoms with Gasteiger partial charge in [-0.15, -0.1) is 0 Å². The molecule has 7 heteroatoms. The van der Waals surface area contributed by atoms with E-state index in [0.717, 1.165) is 10.6 Å². The first kappa shape index (κ1) is 19.5. The second-order valence-electron chi connectivity index (χ2n) is 7.06. The second kappa shape index (κ2) is 7.59. The zero-order valence-electron chi connectivity index (χ0n) is 15.8. The van der Waals surface area contributed by atoms with Crippen molar-refractivity contribution in [3.63, 3.8) is 0 Å². The van der Waals surface area contributed by atoms with Crippen molar-refractivity contribution in [3.8, 4) is 11.4 Å². The summed E-state index contributed by atoms with van der Waals surface area (Å²) in [6.45, 7) is 7.37. The fraction of sp³-hybridized carbons (Fsp3) is 0.421. The summed E-state index contributed by atoms with van der Waals surface area (Å²) in [4.78, 5) is 25.5. The maximum absolute atomic E-state index is 12.9. The summed E-state index contributed by atoms with van der Waals surface area (Å²) in [6, 6.07) is 9.34. The van der Waals surface area contributed by atoms with E-state index >= 15 is 0 Å². The number of hydrogen-bond donors (Lipinski definition) is 1. The number of carbonyl (C=O) groups excluding carboxylic acids is 1. The van der Waals surface area contributed by atoms with Crippen molar-refractivity contribution in [2.75, 3.05) is 13.7 Å². The van der Waals surface area contributed by atoms with Gasteiger partial charge in [0.05, 0.1) is 18.5 Å². The van der Waals surface area contributed by atoms with Crippen LogP contribution < -0.4 is 4.74 Å². The Labute approximate surface area is 153 Å². The lowest BCUT2D eigenvalue weighted by Gasteiger charge is -2.31. The van der Waals surface area contributed by atoms with E-state index in [4.69, 9.17) is 4.74 Å². The molecule has 0 spiro atoms. The molecule has 2 rings (SSSR count). The monoisotopic (exact) mass is 359 g/mol. The summed E-state index contributed by atoms with van der Waals surface area (Å²) >= 11 is 0. The lowest BCUT2D eigenvalue weighted by atomic mass is 10.0. The Morgan fingerprint density at radius 2 is 1.88 bits per heavy atom. The molecule has 0 unspecified atom stereocenters. The van der Waals surface area contributed by atoms with Crippen molar-refractivity contribution < 1.29 is 19.4 Å². The van der Waals surface area contributed by atoms with Gasteiger partial charge in [0.1, 0.15) is 5.54 Å². The van der Waals surface area contributed by atoms with Crippen molar-refractivity contribution in [1.29, 1.82) is 0 Å². The van der Waals surface area contributed by atoms with E-state index in [1.807, 2.05) is 44.2 Å². The molecule has 1 aromatic heterocycles. The lowest BCUT2D eigenvalue weighted by molar-refractivity contribution is -0.147. The van der Waals surface area contributed by atoms with Crippen LogP contribution in [0.5, 0.6) is 5.75 Å². The van der Waals surface area contributed by atoms with Crippen molar-refractivity contribution in [2.24, 2.45) is 5.92 Å². The number of para-hydroxylation sites is 1. The summed E-state index contributed by atoms with van der Waals surface area (Å²) in [6.07, 6.45) is 1.65. The summed E-state index contributed by atoms with van der Waals surface area (Å²) in [5.41, 5.74) is -0.504. The highest BCUT2D eigenvalue weighted by Gasteiger charge is 2.37. The van der Waals surface area contributed by atoms with Gasteiger partial charge >= 0.3 is 5.97 Å². The Morgan fingerprint density at radius 3 is 2.42 bits per heavy atom. The van der Waals surface area contributed by atoms with Crippen LogP contribution in [0.15, 0.2) is 36.5 Å². The molecule has 1 N–H and O–H groups in total. The van der Waals surface area contributed by atoms with Crippen LogP contribution in [-0.2, 0) is 4.79 Å². The number of carboxylic acid groups (broad SMARTS) is 1. The quantitative estimate of drug-likeness (QED) is 0.822. The van der Waals surface area contributed by atoms with E-state index in [1.165, 1.54) is 20.9 Å². The molecule has 0 aliphatic heterocycles. The number of carbonyl (C=O) groups is 2. The standard InChI is InChI=1S/C19H25N3O4/c1-13(2)12-26-15-11-22(14-9-7-6-8-10-14)20-16(15)17(23)21(5)19(3,4)18(24)25/h6-11,13H,12H2,1-5H3,(H,24,25). The maximum atomic E-state index is 12.9. The van der Waals surface area contributed by atoms with Gasteiger partial charge in [-0.25, -0.2) is 9.48 Å². The number of ether oxygens (including phenoxy) is 1. The number of aromatic nitrogens is 2. The van der Waals surface area contributed by atoms with Crippen LogP contribution in [0, 0.1) is 5.92 Å². The van der Waals surface area contributed by atoms with Crippen LogP contribution in [0.4, 0.5) is 0 Å². The first-order valence-electron chi connectivity index (χ1n) is 8.44. The number of rotatable bonds is 7. The number of likely N-dealkylation sites (N-methyl/N-ethyl adjacent to an activating group) is 1. The smallest absolute Gasteiger partial charge is 0.329 e. The van der Waals surface area contributed by atoms with Crippen LogP contribution in [-0.4, -0.2) is 50.9 Å². The fourth-order valence-corrected chi connectivity index (χ4v) is 2.14. The third-order valence-corrected chi connectivity index (χ3v) is 4.14. The normalized spacial score (nSPS) is 11.5. The molecular weight excluding hydrogens is 334 g/mol. The summed E-state index contributed by atoms with van der Waals surface area (Å²) in [5.74, 6) is -1.00. The molecule has 0 saturated carbocycles. The fourth-order valence-electron chi connectivity index (χ4n) is 2.14. The molecule has 7 nitrogen and oxygen atoms in total. The largest absolute Gasteiger partial charge is 0.489 e. The molecule has 1 aromatic carbocycles. The highest BCUT2D eigenvalue weighted by Crippen LogP contribution is 2.24. The highest BCUT2D eigenvalue weighted by atomic mass is 16.5. The molecular formula is C19H25N3O4. The molecule has 0 saturated heterocycles. The van der Waals surface area contributed by atoms with E-state index in [2.05, 4.69) is 5.10 Å².